The molecule has 2 saturated heterocycles. The van der Waals surface area contributed by atoms with Gasteiger partial charge in [-0.2, -0.15) is 4.99 Å². The number of aryl methyl sites for hydroxylation is 2. The molecule has 2 aromatic carbocycles. The summed E-state index contributed by atoms with van der Waals surface area (Å²) < 4.78 is 30.2. The number of hydrogen-bond acceptors (Lipinski definition) is 6. The molecule has 2 heterocycles. The van der Waals surface area contributed by atoms with Crippen molar-refractivity contribution in [3.05, 3.63) is 65.2 Å². The molecule has 2 aromatic rings. The Hall–Kier alpha value is -2.85. The van der Waals surface area contributed by atoms with Gasteiger partial charge in [-0.05, 0) is 63.4 Å². The molecule has 1 N–H and O–H groups in total. The summed E-state index contributed by atoms with van der Waals surface area (Å²) in [5.41, 5.74) is 3.01. The number of aliphatic imine (C=N–C) groups is 1. The van der Waals surface area contributed by atoms with Crippen LogP contribution in [-0.2, 0) is 25.8 Å². The second kappa shape index (κ2) is 10.5. The topological polar surface area (TPSA) is 105 Å². The fourth-order valence-electron chi connectivity index (χ4n) is 4.63. The highest BCUT2D eigenvalue weighted by molar-refractivity contribution is 8.16. The van der Waals surface area contributed by atoms with Gasteiger partial charge in [-0.25, -0.2) is 13.2 Å². The van der Waals surface area contributed by atoms with E-state index in [-0.39, 0.29) is 29.2 Å². The van der Waals surface area contributed by atoms with Gasteiger partial charge in [-0.1, -0.05) is 48.2 Å². The van der Waals surface area contributed by atoms with Crippen molar-refractivity contribution in [3.63, 3.8) is 0 Å². The minimum atomic E-state index is -3.18. The van der Waals surface area contributed by atoms with Crippen LogP contribution in [0, 0.1) is 13.8 Å². The minimum Gasteiger partial charge on any atom is -0.444 e. The number of benzene rings is 2. The number of alkyl carbamates (subject to hydrolysis) is 1. The quantitative estimate of drug-likeness (QED) is 0.607. The first-order chi connectivity index (χ1) is 17.3. The lowest BCUT2D eigenvalue weighted by Crippen LogP contribution is -2.45. The molecule has 0 radical (unpaired) electrons. The number of nitrogens with zero attached hydrogens (tertiary/aromatic N) is 2. The molecule has 10 heteroatoms. The number of thioether (sulfide) groups is 1. The average molecular weight is 544 g/mol. The lowest BCUT2D eigenvalue weighted by molar-refractivity contribution is -0.119. The van der Waals surface area contributed by atoms with Gasteiger partial charge in [0.1, 0.15) is 11.6 Å². The summed E-state index contributed by atoms with van der Waals surface area (Å²) in [5.74, 6) is -0.469. The first-order valence-electron chi connectivity index (χ1n) is 12.2. The number of sulfone groups is 1. The van der Waals surface area contributed by atoms with E-state index in [0.717, 1.165) is 22.4 Å². The molecule has 0 spiro atoms. The van der Waals surface area contributed by atoms with Crippen molar-refractivity contribution in [1.82, 2.24) is 5.32 Å². The Morgan fingerprint density at radius 2 is 1.76 bits per heavy atom. The number of nitrogens with one attached hydrogen (secondary N) is 1. The highest BCUT2D eigenvalue weighted by Gasteiger charge is 2.49. The van der Waals surface area contributed by atoms with E-state index in [1.54, 1.807) is 20.8 Å². The third-order valence-corrected chi connectivity index (χ3v) is 9.24. The van der Waals surface area contributed by atoms with Crippen molar-refractivity contribution in [3.8, 4) is 0 Å². The summed E-state index contributed by atoms with van der Waals surface area (Å²) in [4.78, 5) is 32.5. The zero-order valence-electron chi connectivity index (χ0n) is 21.7. The van der Waals surface area contributed by atoms with Gasteiger partial charge in [-0.3, -0.25) is 4.79 Å². The number of anilines is 1. The molecule has 0 bridgehead atoms. The summed E-state index contributed by atoms with van der Waals surface area (Å²) >= 11 is 1.31. The number of rotatable bonds is 5. The molecule has 198 valence electrons. The minimum absolute atomic E-state index is 0.00840. The molecule has 2 aliphatic heterocycles. The molecule has 2 fully saturated rings. The molecular formula is C27H33N3O5S2. The Kier molecular flexibility index (Phi) is 7.71. The second-order valence-electron chi connectivity index (χ2n) is 10.6. The zero-order valence-corrected chi connectivity index (χ0v) is 23.4. The summed E-state index contributed by atoms with van der Waals surface area (Å²) in [6.07, 6.45) is -0.458. The third-order valence-electron chi connectivity index (χ3n) is 6.03. The van der Waals surface area contributed by atoms with Gasteiger partial charge < -0.3 is 15.0 Å². The molecule has 3 atom stereocenters. The van der Waals surface area contributed by atoms with Crippen LogP contribution < -0.4 is 10.2 Å². The highest BCUT2D eigenvalue weighted by Crippen LogP contribution is 2.41. The molecule has 0 aliphatic carbocycles. The third kappa shape index (κ3) is 6.93. The molecular weight excluding hydrogens is 510 g/mol. The number of amides is 2. The predicted molar refractivity (Wildman–Crippen MR) is 148 cm³/mol. The lowest BCUT2D eigenvalue weighted by Gasteiger charge is -2.26. The SMILES string of the molecule is Cc1cc(C)cc(N2C(=NC(=O)[C@@H](Cc3ccccc3)NC(=O)OC(C)(C)C)S[C@@H]3CS(=O)(=O)C[C@@H]32)c1. The maximum atomic E-state index is 13.5. The van der Waals surface area contributed by atoms with Gasteiger partial charge in [0.25, 0.3) is 5.91 Å². The molecule has 2 amide bonds. The van der Waals surface area contributed by atoms with E-state index in [1.165, 1.54) is 11.8 Å². The van der Waals surface area contributed by atoms with E-state index in [9.17, 15) is 18.0 Å². The van der Waals surface area contributed by atoms with Crippen LogP contribution in [0.3, 0.4) is 0 Å². The first kappa shape index (κ1) is 27.2. The molecule has 0 aromatic heterocycles. The van der Waals surface area contributed by atoms with Gasteiger partial charge in [0, 0.05) is 17.4 Å². The van der Waals surface area contributed by atoms with Crippen molar-refractivity contribution >= 4 is 44.5 Å². The van der Waals surface area contributed by atoms with Gasteiger partial charge in [0.05, 0.1) is 17.5 Å². The standard InChI is InChI=1S/C27H33N3O5S2/c1-17-11-18(2)13-20(12-17)30-22-15-37(33,34)16-23(22)36-25(30)29-24(31)21(14-19-9-7-6-8-10-19)28-26(32)35-27(3,4)5/h6-13,21-23H,14-16H2,1-5H3,(H,28,32)/t21-,22+,23-/m1/s1. The lowest BCUT2D eigenvalue weighted by atomic mass is 10.1. The Balaban J connectivity index is 1.67. The van der Waals surface area contributed by atoms with Crippen LogP contribution in [0.5, 0.6) is 0 Å². The summed E-state index contributed by atoms with van der Waals surface area (Å²) in [6.45, 7) is 9.22. The van der Waals surface area contributed by atoms with Crippen LogP contribution in [0.4, 0.5) is 10.5 Å². The fourth-order valence-corrected chi connectivity index (χ4v) is 8.55. The molecule has 8 nitrogen and oxygen atoms in total. The Bertz CT molecular complexity index is 1300. The maximum absolute atomic E-state index is 13.5. The smallest absolute Gasteiger partial charge is 0.408 e. The summed E-state index contributed by atoms with van der Waals surface area (Å²) in [5, 5.41) is 2.92. The molecule has 4 rings (SSSR count). The average Bonchev–Trinajstić information content (AvgIpc) is 3.22. The van der Waals surface area contributed by atoms with Crippen molar-refractivity contribution < 1.29 is 22.7 Å². The molecule has 0 saturated carbocycles. The van der Waals surface area contributed by atoms with E-state index in [0.29, 0.717) is 5.17 Å². The molecule has 37 heavy (non-hydrogen) atoms. The zero-order chi connectivity index (χ0) is 27.0. The summed E-state index contributed by atoms with van der Waals surface area (Å²) in [6, 6.07) is 14.1. The predicted octanol–water partition coefficient (Wildman–Crippen LogP) is 4.04. The van der Waals surface area contributed by atoms with Gasteiger partial charge in [-0.15, -0.1) is 0 Å². The van der Waals surface area contributed by atoms with Gasteiger partial charge in [0.15, 0.2) is 15.0 Å². The fraction of sp³-hybridized carbons (Fsp3) is 0.444. The Morgan fingerprint density at radius 3 is 2.38 bits per heavy atom. The number of fused-ring (bicyclic) bond motifs is 1. The first-order valence-corrected chi connectivity index (χ1v) is 14.9. The van der Waals surface area contributed by atoms with E-state index in [4.69, 9.17) is 4.74 Å². The van der Waals surface area contributed by atoms with Crippen LogP contribution in [0.25, 0.3) is 0 Å². The highest BCUT2D eigenvalue weighted by atomic mass is 32.2. The number of hydrogen-bond donors (Lipinski definition) is 1. The Labute approximate surface area is 222 Å². The largest absolute Gasteiger partial charge is 0.444 e. The maximum Gasteiger partial charge on any atom is 0.408 e. The summed E-state index contributed by atoms with van der Waals surface area (Å²) in [7, 11) is -3.18. The van der Waals surface area contributed by atoms with E-state index in [1.807, 2.05) is 67.3 Å². The van der Waals surface area contributed by atoms with Gasteiger partial charge >= 0.3 is 6.09 Å². The van der Waals surface area contributed by atoms with Gasteiger partial charge in [0.2, 0.25) is 0 Å². The van der Waals surface area contributed by atoms with Crippen molar-refractivity contribution in [1.29, 1.82) is 0 Å². The Morgan fingerprint density at radius 1 is 1.11 bits per heavy atom. The van der Waals surface area contributed by atoms with Crippen LogP contribution >= 0.6 is 11.8 Å². The van der Waals surface area contributed by atoms with E-state index in [2.05, 4.69) is 10.3 Å². The van der Waals surface area contributed by atoms with Crippen LogP contribution in [0.1, 0.15) is 37.5 Å². The van der Waals surface area contributed by atoms with Crippen molar-refractivity contribution in [2.45, 2.75) is 64.0 Å². The number of carbonyl (C=O) groups is 2. The van der Waals surface area contributed by atoms with E-state index < -0.39 is 33.5 Å². The normalized spacial score (nSPS) is 22.5. The van der Waals surface area contributed by atoms with Crippen molar-refractivity contribution in [2.75, 3.05) is 16.4 Å². The number of ether oxygens (including phenoxy) is 1. The van der Waals surface area contributed by atoms with Crippen LogP contribution in [-0.4, -0.2) is 60.0 Å². The number of carbonyl (C=O) groups excluding carboxylic acids is 2. The number of amidine groups is 1. The van der Waals surface area contributed by atoms with Crippen LogP contribution in [0.2, 0.25) is 0 Å². The monoisotopic (exact) mass is 543 g/mol. The molecule has 0 unspecified atom stereocenters. The van der Waals surface area contributed by atoms with Crippen LogP contribution in [0.15, 0.2) is 53.5 Å². The molecule has 2 aliphatic rings. The second-order valence-corrected chi connectivity index (χ2v) is 14.0. The van der Waals surface area contributed by atoms with Crippen molar-refractivity contribution in [2.24, 2.45) is 4.99 Å². The van der Waals surface area contributed by atoms with E-state index >= 15 is 0 Å².